The molecule has 2 heterocycles. The number of fused-ring (bicyclic) bond motifs is 3. The van der Waals surface area contributed by atoms with E-state index in [1.54, 1.807) is 6.33 Å². The highest BCUT2D eigenvalue weighted by Crippen LogP contribution is 2.19. The van der Waals surface area contributed by atoms with Crippen LogP contribution in [0.5, 0.6) is 0 Å². The number of para-hydroxylation sites is 3. The van der Waals surface area contributed by atoms with Gasteiger partial charge in [-0.1, -0.05) is 30.3 Å². The summed E-state index contributed by atoms with van der Waals surface area (Å²) in [5, 5.41) is 3.28. The number of rotatable bonds is 2. The molecule has 1 N–H and O–H groups in total. The summed E-state index contributed by atoms with van der Waals surface area (Å²) in [7, 11) is 0. The van der Waals surface area contributed by atoms with Crippen molar-refractivity contribution < 1.29 is 0 Å². The summed E-state index contributed by atoms with van der Waals surface area (Å²) in [6.07, 6.45) is 1.80. The van der Waals surface area contributed by atoms with Crippen LogP contribution in [0.4, 0.5) is 11.5 Å². The summed E-state index contributed by atoms with van der Waals surface area (Å²) in [5.41, 5.74) is 3.95. The van der Waals surface area contributed by atoms with Crippen molar-refractivity contribution in [3.05, 3.63) is 67.0 Å². The summed E-state index contributed by atoms with van der Waals surface area (Å²) in [4.78, 5) is 9.04. The van der Waals surface area contributed by atoms with Crippen LogP contribution in [0.25, 0.3) is 16.7 Å². The minimum atomic E-state index is 0.791. The number of hydrogen-bond acceptors (Lipinski definition) is 3. The number of nitrogens with one attached hydrogen (secondary N) is 1. The molecule has 2 aromatic heterocycles. The van der Waals surface area contributed by atoms with Crippen molar-refractivity contribution in [2.75, 3.05) is 5.32 Å². The largest absolute Gasteiger partial charge is 0.340 e. The van der Waals surface area contributed by atoms with Crippen molar-refractivity contribution in [2.24, 2.45) is 0 Å². The smallest absolute Gasteiger partial charge is 0.142 e. The lowest BCUT2D eigenvalue weighted by Gasteiger charge is -2.05. The quantitative estimate of drug-likeness (QED) is 0.598. The molecular weight excluding hydrogens is 248 g/mol. The van der Waals surface area contributed by atoms with E-state index in [1.165, 1.54) is 0 Å². The van der Waals surface area contributed by atoms with Gasteiger partial charge in [0.2, 0.25) is 0 Å². The van der Waals surface area contributed by atoms with Crippen LogP contribution in [0, 0.1) is 0 Å². The first-order valence-electron chi connectivity index (χ1n) is 6.45. The molecule has 0 fully saturated rings. The van der Waals surface area contributed by atoms with Crippen LogP contribution in [0.15, 0.2) is 67.0 Å². The minimum Gasteiger partial charge on any atom is -0.340 e. The molecule has 0 spiro atoms. The minimum absolute atomic E-state index is 0.791. The Bertz CT molecular complexity index is 881. The molecule has 0 unspecified atom stereocenters. The second-order valence-electron chi connectivity index (χ2n) is 4.59. The van der Waals surface area contributed by atoms with Crippen molar-refractivity contribution in [3.8, 4) is 0 Å². The third-order valence-corrected chi connectivity index (χ3v) is 3.25. The van der Waals surface area contributed by atoms with Gasteiger partial charge < -0.3 is 5.32 Å². The van der Waals surface area contributed by atoms with E-state index in [4.69, 9.17) is 0 Å². The van der Waals surface area contributed by atoms with Gasteiger partial charge in [-0.15, -0.1) is 0 Å². The summed E-state index contributed by atoms with van der Waals surface area (Å²) in [6, 6.07) is 20.0. The fraction of sp³-hybridized carbons (Fsp3) is 0. The Morgan fingerprint density at radius 3 is 2.60 bits per heavy atom. The molecule has 4 aromatic rings. The Hall–Kier alpha value is -2.88. The molecule has 96 valence electrons. The van der Waals surface area contributed by atoms with Gasteiger partial charge >= 0.3 is 0 Å². The van der Waals surface area contributed by atoms with E-state index in [-0.39, 0.29) is 0 Å². The predicted molar refractivity (Wildman–Crippen MR) is 80.2 cm³/mol. The van der Waals surface area contributed by atoms with E-state index in [0.29, 0.717) is 0 Å². The topological polar surface area (TPSA) is 42.2 Å². The van der Waals surface area contributed by atoms with Gasteiger partial charge in [0.15, 0.2) is 0 Å². The van der Waals surface area contributed by atoms with Crippen LogP contribution in [-0.4, -0.2) is 14.4 Å². The lowest BCUT2D eigenvalue weighted by atomic mass is 10.3. The fourth-order valence-electron chi connectivity index (χ4n) is 2.30. The van der Waals surface area contributed by atoms with Crippen molar-refractivity contribution in [3.63, 3.8) is 0 Å². The van der Waals surface area contributed by atoms with E-state index in [2.05, 4.69) is 15.3 Å². The van der Waals surface area contributed by atoms with E-state index in [0.717, 1.165) is 28.2 Å². The summed E-state index contributed by atoms with van der Waals surface area (Å²) >= 11 is 0. The number of nitrogens with zero attached hydrogens (tertiary/aromatic N) is 3. The van der Waals surface area contributed by atoms with Gasteiger partial charge in [-0.3, -0.25) is 4.40 Å². The van der Waals surface area contributed by atoms with Crippen molar-refractivity contribution >= 4 is 28.2 Å². The van der Waals surface area contributed by atoms with Gasteiger partial charge in [0.05, 0.1) is 11.0 Å². The van der Waals surface area contributed by atoms with Crippen LogP contribution >= 0.6 is 0 Å². The Kier molecular flexibility index (Phi) is 2.39. The maximum absolute atomic E-state index is 4.60. The Labute approximate surface area is 115 Å². The van der Waals surface area contributed by atoms with Crippen LogP contribution in [0.2, 0.25) is 0 Å². The molecule has 0 bridgehead atoms. The van der Waals surface area contributed by atoms with Gasteiger partial charge in [0.1, 0.15) is 17.8 Å². The van der Waals surface area contributed by atoms with Crippen molar-refractivity contribution in [1.29, 1.82) is 0 Å². The lowest BCUT2D eigenvalue weighted by molar-refractivity contribution is 1.12. The average molecular weight is 260 g/mol. The number of anilines is 2. The molecule has 4 heteroatoms. The second kappa shape index (κ2) is 4.35. The normalized spacial score (nSPS) is 11.0. The molecule has 0 aliphatic heterocycles. The first-order valence-corrected chi connectivity index (χ1v) is 6.45. The number of aromatic nitrogens is 3. The molecule has 0 atom stereocenters. The van der Waals surface area contributed by atoms with Crippen LogP contribution in [-0.2, 0) is 0 Å². The van der Waals surface area contributed by atoms with Gasteiger partial charge in [0.25, 0.3) is 0 Å². The first kappa shape index (κ1) is 11.0. The molecule has 0 radical (unpaired) electrons. The molecule has 4 rings (SSSR count). The third kappa shape index (κ3) is 1.78. The van der Waals surface area contributed by atoms with Gasteiger partial charge in [-0.2, -0.15) is 0 Å². The van der Waals surface area contributed by atoms with Crippen LogP contribution in [0.1, 0.15) is 0 Å². The van der Waals surface area contributed by atoms with Gasteiger partial charge in [0, 0.05) is 11.8 Å². The highest BCUT2D eigenvalue weighted by atomic mass is 15.1. The Balaban J connectivity index is 1.81. The monoisotopic (exact) mass is 260 g/mol. The zero-order chi connectivity index (χ0) is 13.4. The summed E-state index contributed by atoms with van der Waals surface area (Å²) < 4.78 is 1.99. The van der Waals surface area contributed by atoms with Gasteiger partial charge in [-0.05, 0) is 24.3 Å². The number of benzene rings is 2. The summed E-state index contributed by atoms with van der Waals surface area (Å²) in [5.74, 6) is 0.791. The SMILES string of the molecule is c1ccc(Nc2cc3nc4ccccc4n3cn2)cc1. The lowest BCUT2D eigenvalue weighted by Crippen LogP contribution is -1.95. The average Bonchev–Trinajstić information content (AvgIpc) is 2.86. The molecule has 0 saturated heterocycles. The van der Waals surface area contributed by atoms with Crippen LogP contribution < -0.4 is 5.32 Å². The number of hydrogen-bond donors (Lipinski definition) is 1. The molecule has 0 aliphatic carbocycles. The van der Waals surface area contributed by atoms with E-state index >= 15 is 0 Å². The van der Waals surface area contributed by atoms with E-state index in [9.17, 15) is 0 Å². The van der Waals surface area contributed by atoms with E-state index in [1.807, 2.05) is 65.1 Å². The first-order chi connectivity index (χ1) is 9.90. The molecule has 0 amide bonds. The van der Waals surface area contributed by atoms with Crippen molar-refractivity contribution in [2.45, 2.75) is 0 Å². The second-order valence-corrected chi connectivity index (χ2v) is 4.59. The Morgan fingerprint density at radius 2 is 1.70 bits per heavy atom. The molecular formula is C16H12N4. The standard InChI is InChI=1S/C16H12N4/c1-2-6-12(7-3-1)18-15-10-16-19-13-8-4-5-9-14(13)20(16)11-17-15/h1-11,18H. The molecule has 4 nitrogen and oxygen atoms in total. The maximum atomic E-state index is 4.60. The highest BCUT2D eigenvalue weighted by molar-refractivity contribution is 5.81. The van der Waals surface area contributed by atoms with Crippen LogP contribution in [0.3, 0.4) is 0 Å². The third-order valence-electron chi connectivity index (χ3n) is 3.25. The molecule has 20 heavy (non-hydrogen) atoms. The van der Waals surface area contributed by atoms with Crippen molar-refractivity contribution in [1.82, 2.24) is 14.4 Å². The zero-order valence-electron chi connectivity index (χ0n) is 10.7. The maximum Gasteiger partial charge on any atom is 0.142 e. The predicted octanol–water partition coefficient (Wildman–Crippen LogP) is 3.63. The molecule has 2 aromatic carbocycles. The van der Waals surface area contributed by atoms with E-state index < -0.39 is 0 Å². The highest BCUT2D eigenvalue weighted by Gasteiger charge is 2.05. The summed E-state index contributed by atoms with van der Waals surface area (Å²) in [6.45, 7) is 0. The fourth-order valence-corrected chi connectivity index (χ4v) is 2.30. The molecule has 0 saturated carbocycles. The molecule has 0 aliphatic rings. The zero-order valence-corrected chi connectivity index (χ0v) is 10.7. The Morgan fingerprint density at radius 1 is 0.900 bits per heavy atom. The van der Waals surface area contributed by atoms with Gasteiger partial charge in [-0.25, -0.2) is 9.97 Å². The number of imidazole rings is 1.